The molecule has 0 aliphatic rings. The van der Waals surface area contributed by atoms with Crippen molar-refractivity contribution < 1.29 is 9.85 Å². The van der Waals surface area contributed by atoms with E-state index >= 15 is 0 Å². The Hall–Kier alpha value is -6.10. The Labute approximate surface area is 339 Å². The van der Waals surface area contributed by atoms with Gasteiger partial charge in [0, 0.05) is 33.2 Å². The van der Waals surface area contributed by atoms with Gasteiger partial charge >= 0.3 is 0 Å². The van der Waals surface area contributed by atoms with E-state index in [-0.39, 0.29) is 24.5 Å². The van der Waals surface area contributed by atoms with Crippen LogP contribution in [-0.4, -0.2) is 69.8 Å². The van der Waals surface area contributed by atoms with Gasteiger partial charge in [0.15, 0.2) is 0 Å². The maximum Gasteiger partial charge on any atom is 0.269 e. The summed E-state index contributed by atoms with van der Waals surface area (Å²) in [6, 6.07) is 27.7. The second kappa shape index (κ2) is 15.9. The van der Waals surface area contributed by atoms with Crippen molar-refractivity contribution in [2.75, 3.05) is 0 Å². The van der Waals surface area contributed by atoms with Crippen molar-refractivity contribution >= 4 is 64.8 Å². The minimum absolute atomic E-state index is 0.00726. The Morgan fingerprint density at radius 2 is 1.00 bits per heavy atom. The molecule has 0 bridgehead atoms. The molecule has 4 aromatic carbocycles. The molecule has 4 aromatic heterocycles. The Kier molecular flexibility index (Phi) is 10.5. The molecule has 0 aliphatic carbocycles. The van der Waals surface area contributed by atoms with E-state index in [1.807, 2.05) is 48.5 Å². The molecule has 0 N–H and O–H groups in total. The van der Waals surface area contributed by atoms with Crippen LogP contribution in [0.15, 0.2) is 128 Å². The van der Waals surface area contributed by atoms with Crippen LogP contribution < -0.4 is 0 Å². The topological polar surface area (TPSA) is 209 Å². The molecule has 56 heavy (non-hydrogen) atoms. The highest BCUT2D eigenvalue weighted by molar-refractivity contribution is 9.10. The van der Waals surface area contributed by atoms with Gasteiger partial charge in [-0.2, -0.15) is 19.8 Å². The summed E-state index contributed by atoms with van der Waals surface area (Å²) in [7, 11) is 2.79. The quantitative estimate of drug-likeness (QED) is 0.0620. The molecule has 0 aliphatic heterocycles. The van der Waals surface area contributed by atoms with E-state index in [0.717, 1.165) is 31.4 Å². The first-order valence-electron chi connectivity index (χ1n) is 16.2. The fourth-order valence-corrected chi connectivity index (χ4v) is 8.69. The maximum absolute atomic E-state index is 11.1. The van der Waals surface area contributed by atoms with Gasteiger partial charge in [-0.25, -0.2) is 9.36 Å². The van der Waals surface area contributed by atoms with Crippen molar-refractivity contribution in [1.82, 2.24) is 60.0 Å². The monoisotopic (exact) mass is 912 g/mol. The number of tetrazole rings is 2. The van der Waals surface area contributed by atoms with E-state index in [1.54, 1.807) is 46.0 Å². The van der Waals surface area contributed by atoms with E-state index in [0.29, 0.717) is 32.8 Å². The van der Waals surface area contributed by atoms with Crippen LogP contribution in [0.5, 0.6) is 0 Å². The third-order valence-corrected chi connectivity index (χ3v) is 11.5. The summed E-state index contributed by atoms with van der Waals surface area (Å²) in [6.45, 7) is 0.490. The second-order valence-electron chi connectivity index (χ2n) is 11.8. The van der Waals surface area contributed by atoms with Crippen molar-refractivity contribution in [3.63, 3.8) is 0 Å². The lowest BCUT2D eigenvalue weighted by Gasteiger charge is -2.11. The first-order chi connectivity index (χ1) is 27.2. The van der Waals surface area contributed by atoms with Crippen LogP contribution in [-0.2, 0) is 13.1 Å². The van der Waals surface area contributed by atoms with Crippen LogP contribution in [0.4, 0.5) is 11.4 Å². The smallest absolute Gasteiger partial charge is 0.258 e. The Bertz CT molecular complexity index is 2530. The number of hydrogen-bond donors (Lipinski definition) is 0. The molecule has 0 amide bonds. The number of nitro groups is 2. The summed E-state index contributed by atoms with van der Waals surface area (Å²) in [5.41, 5.74) is 4.30. The summed E-state index contributed by atoms with van der Waals surface area (Å²) in [6.07, 6.45) is 3.35. The molecule has 0 spiro atoms. The highest BCUT2D eigenvalue weighted by Crippen LogP contribution is 2.46. The summed E-state index contributed by atoms with van der Waals surface area (Å²) < 4.78 is 5.29. The van der Waals surface area contributed by atoms with Crippen LogP contribution in [0.25, 0.3) is 34.2 Å². The lowest BCUT2D eigenvalue weighted by atomic mass is 10.2. The molecule has 0 atom stereocenters. The Morgan fingerprint density at radius 1 is 0.589 bits per heavy atom. The fourth-order valence-electron chi connectivity index (χ4n) is 5.41. The number of non-ortho nitro benzene ring substituents is 2. The minimum atomic E-state index is -0.449. The van der Waals surface area contributed by atoms with Gasteiger partial charge in [0.2, 0.25) is 11.6 Å². The van der Waals surface area contributed by atoms with E-state index < -0.39 is 9.85 Å². The normalized spacial score (nSPS) is 11.2. The van der Waals surface area contributed by atoms with Crippen LogP contribution in [0, 0.1) is 20.2 Å². The van der Waals surface area contributed by atoms with E-state index in [4.69, 9.17) is 10.2 Å². The first kappa shape index (κ1) is 36.9. The van der Waals surface area contributed by atoms with Crippen molar-refractivity contribution in [3.8, 4) is 34.2 Å². The third-order valence-electron chi connectivity index (χ3n) is 8.09. The van der Waals surface area contributed by atoms with Gasteiger partial charge < -0.3 is 0 Å². The van der Waals surface area contributed by atoms with Gasteiger partial charge in [-0.15, -0.1) is 20.4 Å². The zero-order chi connectivity index (χ0) is 38.8. The highest BCUT2D eigenvalue weighted by Gasteiger charge is 2.24. The van der Waals surface area contributed by atoms with Gasteiger partial charge in [0.05, 0.1) is 57.8 Å². The molecule has 4 heterocycles. The van der Waals surface area contributed by atoms with Crippen LogP contribution in [0.2, 0.25) is 0 Å². The van der Waals surface area contributed by atoms with Gasteiger partial charge in [-0.05, 0) is 79.5 Å². The number of aromatic nitrogens is 12. The van der Waals surface area contributed by atoms with Crippen molar-refractivity contribution in [2.45, 2.75) is 23.1 Å². The number of nitrogens with zero attached hydrogens (tertiary/aromatic N) is 14. The standard InChI is InChI=1S/C34H22Br2N14O4S2/c35-23-3-1-5-27(15-23)47-33(29(17-37-47)31-39-43-45(41-31)19-21-7-11-25(12-8-21)49(51)52)55-56-34-30(18-38-48(34)28-6-2-4-24(36)16-28)32-40-44-46(42-32)20-22-9-13-26(14-10-22)50(53)54/h1-18H,19-20H2. The summed E-state index contributed by atoms with van der Waals surface area (Å²) in [4.78, 5) is 24.2. The van der Waals surface area contributed by atoms with Gasteiger partial charge in [0.1, 0.15) is 10.1 Å². The molecule has 0 unspecified atom stereocenters. The van der Waals surface area contributed by atoms with Gasteiger partial charge in [-0.1, -0.05) is 68.3 Å². The number of benzene rings is 4. The zero-order valence-electron chi connectivity index (χ0n) is 28.3. The summed E-state index contributed by atoms with van der Waals surface area (Å²) >= 11 is 7.14. The molecule has 8 aromatic rings. The molecular weight excluding hydrogens is 892 g/mol. The maximum atomic E-state index is 11.1. The van der Waals surface area contributed by atoms with Crippen LogP contribution >= 0.6 is 53.4 Å². The Balaban J connectivity index is 1.14. The lowest BCUT2D eigenvalue weighted by molar-refractivity contribution is -0.385. The lowest BCUT2D eigenvalue weighted by Crippen LogP contribution is -2.04. The molecule has 0 fully saturated rings. The molecule has 0 saturated heterocycles. The molecule has 18 nitrogen and oxygen atoms in total. The predicted molar refractivity (Wildman–Crippen MR) is 212 cm³/mol. The zero-order valence-corrected chi connectivity index (χ0v) is 33.1. The average Bonchev–Trinajstić information content (AvgIpc) is 4.01. The first-order valence-corrected chi connectivity index (χ1v) is 20.0. The number of hydrogen-bond acceptors (Lipinski definition) is 14. The third kappa shape index (κ3) is 7.98. The summed E-state index contributed by atoms with van der Waals surface area (Å²) in [5, 5.41) is 59.6. The van der Waals surface area contributed by atoms with E-state index in [1.165, 1.54) is 55.4 Å². The van der Waals surface area contributed by atoms with Gasteiger partial charge in [-0.3, -0.25) is 20.2 Å². The van der Waals surface area contributed by atoms with Crippen LogP contribution in [0.1, 0.15) is 11.1 Å². The predicted octanol–water partition coefficient (Wildman–Crippen LogP) is 7.60. The molecule has 0 radical (unpaired) electrons. The second-order valence-corrected chi connectivity index (χ2v) is 15.7. The molecule has 22 heteroatoms. The van der Waals surface area contributed by atoms with E-state index in [2.05, 4.69) is 62.7 Å². The fraction of sp³-hybridized carbons (Fsp3) is 0.0588. The van der Waals surface area contributed by atoms with Crippen LogP contribution in [0.3, 0.4) is 0 Å². The number of rotatable bonds is 13. The largest absolute Gasteiger partial charge is 0.269 e. The highest BCUT2D eigenvalue weighted by atomic mass is 79.9. The van der Waals surface area contributed by atoms with Crippen molar-refractivity contribution in [3.05, 3.63) is 150 Å². The number of nitro benzene ring substituents is 2. The molecule has 8 rings (SSSR count). The summed E-state index contributed by atoms with van der Waals surface area (Å²) in [5.74, 6) is 0.653. The molecular formula is C34H22Br2N14O4S2. The van der Waals surface area contributed by atoms with Crippen molar-refractivity contribution in [2.24, 2.45) is 0 Å². The Morgan fingerprint density at radius 3 is 1.38 bits per heavy atom. The van der Waals surface area contributed by atoms with Crippen molar-refractivity contribution in [1.29, 1.82) is 0 Å². The average molecular weight is 915 g/mol. The van der Waals surface area contributed by atoms with E-state index in [9.17, 15) is 20.2 Å². The minimum Gasteiger partial charge on any atom is -0.258 e. The molecule has 278 valence electrons. The SMILES string of the molecule is O=[N+]([O-])c1ccc(Cn2nnc(-c3cnn(-c4cccc(Br)c4)c3SSc3c(-c4nnn(Cc5ccc([N+](=O)[O-])cc5)n4)cnn3-c3cccc(Br)c3)n2)cc1. The van der Waals surface area contributed by atoms with Gasteiger partial charge in [0.25, 0.3) is 11.4 Å². The molecule has 0 saturated carbocycles. The number of halogens is 2.